The molecular weight excluding hydrogens is 711 g/mol. The van der Waals surface area contributed by atoms with E-state index in [1.54, 1.807) is 0 Å². The van der Waals surface area contributed by atoms with E-state index in [9.17, 15) is 0 Å². The molecule has 3 nitrogen and oxygen atoms in total. The molecule has 57 heavy (non-hydrogen) atoms. The normalized spacial score (nSPS) is 11.9. The number of benzene rings is 8. The molecule has 0 atom stereocenters. The molecule has 0 N–H and O–H groups in total. The largest absolute Gasteiger partial charge is 0.307 e. The molecule has 0 amide bonds. The Morgan fingerprint density at radius 3 is 1.28 bits per heavy atom. The Labute approximate surface area is 333 Å². The van der Waals surface area contributed by atoms with Gasteiger partial charge in [-0.05, 0) is 54.1 Å². The number of hydrogen-bond acceptors (Lipinski definition) is 2. The second-order valence-corrected chi connectivity index (χ2v) is 15.8. The Balaban J connectivity index is 1.35. The van der Waals surface area contributed by atoms with Gasteiger partial charge in [0.05, 0.1) is 44.8 Å². The van der Waals surface area contributed by atoms with E-state index in [1.165, 1.54) is 69.3 Å². The van der Waals surface area contributed by atoms with Crippen molar-refractivity contribution in [2.45, 2.75) is 0 Å². The number of rotatable bonds is 5. The Kier molecular flexibility index (Phi) is 7.10. The van der Waals surface area contributed by atoms with Gasteiger partial charge >= 0.3 is 0 Å². The van der Waals surface area contributed by atoms with Crippen LogP contribution in [0.4, 0.5) is 0 Å². The smallest absolute Gasteiger partial charge is 0.0789 e. The summed E-state index contributed by atoms with van der Waals surface area (Å²) in [6.07, 6.45) is 0. The molecular formula is C53H33N3S. The summed E-state index contributed by atoms with van der Waals surface area (Å²) in [5.74, 6) is 0. The first-order valence-corrected chi connectivity index (χ1v) is 20.2. The van der Waals surface area contributed by atoms with Gasteiger partial charge in [-0.2, -0.15) is 0 Å². The quantitative estimate of drug-likeness (QED) is 0.172. The highest BCUT2D eigenvalue weighted by molar-refractivity contribution is 7.26. The van der Waals surface area contributed by atoms with Gasteiger partial charge in [0, 0.05) is 58.4 Å². The Bertz CT molecular complexity index is 3350. The number of hydrogen-bond donors (Lipinski definition) is 0. The average molecular weight is 744 g/mol. The van der Waals surface area contributed by atoms with Gasteiger partial charge in [-0.25, -0.2) is 4.98 Å². The summed E-state index contributed by atoms with van der Waals surface area (Å²) in [7, 11) is 0. The SMILES string of the molecule is c1ccc(-c2cc(-c3c(-n4c5ccccc5c5ccccc54)c(-n4c5ccccc5c5ccccc54)cc4sc5ccccc5c34)cc(-c3ccccc3)n2)cc1. The number of pyridine rings is 1. The summed E-state index contributed by atoms with van der Waals surface area (Å²) in [5, 5.41) is 7.44. The molecule has 0 aliphatic carbocycles. The highest BCUT2D eigenvalue weighted by Gasteiger charge is 2.27. The van der Waals surface area contributed by atoms with E-state index >= 15 is 0 Å². The predicted octanol–water partition coefficient (Wildman–Crippen LogP) is 14.6. The summed E-state index contributed by atoms with van der Waals surface area (Å²) in [4.78, 5) is 5.37. The Morgan fingerprint density at radius 2 is 0.772 bits per heavy atom. The molecule has 0 bridgehead atoms. The van der Waals surface area contributed by atoms with Gasteiger partial charge in [0.25, 0.3) is 0 Å². The second-order valence-electron chi connectivity index (χ2n) is 14.7. The maximum absolute atomic E-state index is 5.37. The number of nitrogens with zero attached hydrogens (tertiary/aromatic N) is 3. The zero-order valence-corrected chi connectivity index (χ0v) is 31.6. The van der Waals surface area contributed by atoms with Crippen molar-refractivity contribution in [3.63, 3.8) is 0 Å². The lowest BCUT2D eigenvalue weighted by Gasteiger charge is -2.23. The fourth-order valence-corrected chi connectivity index (χ4v) is 10.2. The van der Waals surface area contributed by atoms with Crippen molar-refractivity contribution in [1.82, 2.24) is 14.1 Å². The van der Waals surface area contributed by atoms with Crippen LogP contribution in [0, 0.1) is 0 Å². The number of para-hydroxylation sites is 4. The zero-order chi connectivity index (χ0) is 37.5. The van der Waals surface area contributed by atoms with Crippen molar-refractivity contribution in [3.05, 3.63) is 200 Å². The van der Waals surface area contributed by atoms with Gasteiger partial charge in [0.2, 0.25) is 0 Å². The third-order valence-electron chi connectivity index (χ3n) is 11.5. The van der Waals surface area contributed by atoms with Gasteiger partial charge in [0.1, 0.15) is 0 Å². The minimum atomic E-state index is 0.940. The van der Waals surface area contributed by atoms with Crippen LogP contribution in [0.3, 0.4) is 0 Å². The molecule has 4 heterocycles. The first kappa shape index (κ1) is 32.0. The van der Waals surface area contributed by atoms with Crippen LogP contribution in [0.2, 0.25) is 0 Å². The standard InChI is InChI=1S/C53H33N3S/c1-3-17-34(18-4-1)42-31-36(32-43(54-42)35-19-5-2-6-20-35)51-52-41-25-11-16-30-49(41)57-50(52)33-48(55-44-26-12-7-21-37(44)38-22-8-13-27-45(38)55)53(51)56-46-28-14-9-23-39(46)40-24-10-15-29-47(40)56/h1-33H. The van der Waals surface area contributed by atoms with E-state index in [0.717, 1.165) is 39.5 Å². The molecule has 0 radical (unpaired) electrons. The molecule has 12 aromatic rings. The molecule has 0 saturated heterocycles. The third kappa shape index (κ3) is 4.88. The van der Waals surface area contributed by atoms with E-state index in [4.69, 9.17) is 4.98 Å². The highest BCUT2D eigenvalue weighted by atomic mass is 32.1. The van der Waals surface area contributed by atoms with Gasteiger partial charge in [-0.3, -0.25) is 0 Å². The topological polar surface area (TPSA) is 22.8 Å². The van der Waals surface area contributed by atoms with Gasteiger partial charge in [-0.15, -0.1) is 11.3 Å². The van der Waals surface area contributed by atoms with E-state index in [2.05, 4.69) is 209 Å². The van der Waals surface area contributed by atoms with Gasteiger partial charge < -0.3 is 9.13 Å². The lowest BCUT2D eigenvalue weighted by Crippen LogP contribution is -2.06. The maximum atomic E-state index is 5.37. The lowest BCUT2D eigenvalue weighted by molar-refractivity contribution is 1.10. The van der Waals surface area contributed by atoms with Crippen LogP contribution in [0.15, 0.2) is 200 Å². The van der Waals surface area contributed by atoms with E-state index in [1.807, 2.05) is 11.3 Å². The summed E-state index contributed by atoms with van der Waals surface area (Å²) >= 11 is 1.87. The predicted molar refractivity (Wildman–Crippen MR) is 242 cm³/mol. The first-order chi connectivity index (χ1) is 28.3. The average Bonchev–Trinajstić information content (AvgIpc) is 3.94. The molecule has 0 saturated carbocycles. The molecule has 0 spiro atoms. The molecule has 0 fully saturated rings. The molecule has 0 aliphatic heterocycles. The van der Waals surface area contributed by atoms with Crippen molar-refractivity contribution in [1.29, 1.82) is 0 Å². The van der Waals surface area contributed by atoms with Crippen molar-refractivity contribution in [3.8, 4) is 45.0 Å². The molecule has 8 aromatic carbocycles. The highest BCUT2D eigenvalue weighted by Crippen LogP contribution is 2.50. The van der Waals surface area contributed by atoms with E-state index in [0.29, 0.717) is 0 Å². The maximum Gasteiger partial charge on any atom is 0.0789 e. The van der Waals surface area contributed by atoms with Crippen LogP contribution in [-0.2, 0) is 0 Å². The summed E-state index contributed by atoms with van der Waals surface area (Å²) in [6, 6.07) is 72.6. The minimum Gasteiger partial charge on any atom is -0.307 e. The number of aromatic nitrogens is 3. The fraction of sp³-hybridized carbons (Fsp3) is 0. The summed E-state index contributed by atoms with van der Waals surface area (Å²) in [5.41, 5.74) is 13.3. The molecule has 4 heteroatoms. The van der Waals surface area contributed by atoms with Crippen LogP contribution in [0.5, 0.6) is 0 Å². The molecule has 0 aliphatic rings. The first-order valence-electron chi connectivity index (χ1n) is 19.4. The van der Waals surface area contributed by atoms with Crippen LogP contribution in [0.1, 0.15) is 0 Å². The van der Waals surface area contributed by atoms with Crippen LogP contribution in [0.25, 0.3) is 109 Å². The second kappa shape index (κ2) is 12.6. The summed E-state index contributed by atoms with van der Waals surface area (Å²) in [6.45, 7) is 0. The minimum absolute atomic E-state index is 0.940. The van der Waals surface area contributed by atoms with Crippen molar-refractivity contribution in [2.75, 3.05) is 0 Å². The van der Waals surface area contributed by atoms with E-state index in [-0.39, 0.29) is 0 Å². The van der Waals surface area contributed by atoms with Crippen LogP contribution < -0.4 is 0 Å². The molecule has 266 valence electrons. The Morgan fingerprint density at radius 1 is 0.351 bits per heavy atom. The van der Waals surface area contributed by atoms with Crippen molar-refractivity contribution < 1.29 is 0 Å². The molecule has 12 rings (SSSR count). The van der Waals surface area contributed by atoms with Crippen LogP contribution >= 0.6 is 11.3 Å². The lowest BCUT2D eigenvalue weighted by atomic mass is 9.93. The number of thiophene rings is 1. The third-order valence-corrected chi connectivity index (χ3v) is 12.6. The van der Waals surface area contributed by atoms with Crippen LogP contribution in [-0.4, -0.2) is 14.1 Å². The van der Waals surface area contributed by atoms with Crippen molar-refractivity contribution in [2.24, 2.45) is 0 Å². The van der Waals surface area contributed by atoms with Crippen molar-refractivity contribution >= 4 is 75.1 Å². The Hall–Kier alpha value is -7.27. The van der Waals surface area contributed by atoms with Gasteiger partial charge in [0.15, 0.2) is 0 Å². The fourth-order valence-electron chi connectivity index (χ4n) is 9.07. The monoisotopic (exact) mass is 743 g/mol. The molecule has 0 unspecified atom stereocenters. The van der Waals surface area contributed by atoms with E-state index < -0.39 is 0 Å². The van der Waals surface area contributed by atoms with Gasteiger partial charge in [-0.1, -0.05) is 152 Å². The summed E-state index contributed by atoms with van der Waals surface area (Å²) < 4.78 is 7.55. The molecule has 4 aromatic heterocycles. The number of fused-ring (bicyclic) bond motifs is 9. The zero-order valence-electron chi connectivity index (χ0n) is 30.8.